The van der Waals surface area contributed by atoms with Crippen LogP contribution in [-0.4, -0.2) is 25.3 Å². The second-order valence-corrected chi connectivity index (χ2v) is 10.9. The van der Waals surface area contributed by atoms with Crippen molar-refractivity contribution < 1.29 is 24.1 Å². The van der Waals surface area contributed by atoms with E-state index in [0.29, 0.717) is 12.4 Å². The lowest BCUT2D eigenvalue weighted by molar-refractivity contribution is -0.131. The molecule has 0 aliphatic heterocycles. The second-order valence-electron chi connectivity index (χ2n) is 10.9. The first kappa shape index (κ1) is 26.3. The van der Waals surface area contributed by atoms with Crippen molar-refractivity contribution in [2.24, 2.45) is 0 Å². The van der Waals surface area contributed by atoms with Crippen LogP contribution in [0.3, 0.4) is 0 Å². The summed E-state index contributed by atoms with van der Waals surface area (Å²) in [6.45, 7) is 9.57. The summed E-state index contributed by atoms with van der Waals surface area (Å²) < 4.78 is 17.7. The SMILES string of the molecule is COc1cccc(COc2cc3c(cc2-c2cc(C=CC(=O)O)ccc2OC)C(C)(C)CCC3(C)C)c1. The van der Waals surface area contributed by atoms with E-state index in [9.17, 15) is 4.79 Å². The molecule has 37 heavy (non-hydrogen) atoms. The molecule has 3 aromatic carbocycles. The molecule has 0 saturated heterocycles. The highest BCUT2D eigenvalue weighted by molar-refractivity contribution is 5.86. The molecule has 0 bridgehead atoms. The number of methoxy groups -OCH3 is 2. The van der Waals surface area contributed by atoms with Crippen LogP contribution in [0.15, 0.2) is 60.7 Å². The van der Waals surface area contributed by atoms with E-state index < -0.39 is 5.97 Å². The maximum absolute atomic E-state index is 11.1. The Hall–Kier alpha value is -3.73. The molecule has 3 aromatic rings. The zero-order chi connectivity index (χ0) is 26.8. The number of hydrogen-bond acceptors (Lipinski definition) is 4. The Morgan fingerprint density at radius 1 is 0.865 bits per heavy atom. The minimum absolute atomic E-state index is 0.0129. The van der Waals surface area contributed by atoms with Gasteiger partial charge in [-0.25, -0.2) is 4.79 Å². The Balaban J connectivity index is 1.89. The number of carbonyl (C=O) groups is 1. The molecular weight excluding hydrogens is 464 g/mol. The van der Waals surface area contributed by atoms with Crippen LogP contribution >= 0.6 is 0 Å². The first-order valence-corrected chi connectivity index (χ1v) is 12.6. The fourth-order valence-corrected chi connectivity index (χ4v) is 5.05. The summed E-state index contributed by atoms with van der Waals surface area (Å²) in [6.07, 6.45) is 4.92. The van der Waals surface area contributed by atoms with Gasteiger partial charge in [0, 0.05) is 17.2 Å². The lowest BCUT2D eigenvalue weighted by Crippen LogP contribution is -2.33. The Morgan fingerprint density at radius 2 is 1.54 bits per heavy atom. The molecule has 1 N–H and O–H groups in total. The second kappa shape index (κ2) is 10.3. The van der Waals surface area contributed by atoms with Gasteiger partial charge in [0.05, 0.1) is 14.2 Å². The van der Waals surface area contributed by atoms with E-state index in [1.54, 1.807) is 20.3 Å². The number of ether oxygens (including phenoxy) is 3. The average Bonchev–Trinajstić information content (AvgIpc) is 2.88. The highest BCUT2D eigenvalue weighted by atomic mass is 16.5. The van der Waals surface area contributed by atoms with Crippen LogP contribution in [0.5, 0.6) is 17.2 Å². The van der Waals surface area contributed by atoms with Crippen molar-refractivity contribution >= 4 is 12.0 Å². The number of carboxylic acids is 1. The molecule has 0 amide bonds. The van der Waals surface area contributed by atoms with Gasteiger partial charge < -0.3 is 19.3 Å². The third kappa shape index (κ3) is 5.66. The summed E-state index contributed by atoms with van der Waals surface area (Å²) in [7, 11) is 3.30. The summed E-state index contributed by atoms with van der Waals surface area (Å²) in [4.78, 5) is 11.1. The lowest BCUT2D eigenvalue weighted by Gasteiger charge is -2.42. The smallest absolute Gasteiger partial charge is 0.328 e. The molecule has 1 aliphatic rings. The van der Waals surface area contributed by atoms with Crippen LogP contribution in [-0.2, 0) is 22.2 Å². The molecule has 1 aliphatic carbocycles. The van der Waals surface area contributed by atoms with Crippen LogP contribution in [0, 0.1) is 0 Å². The van der Waals surface area contributed by atoms with Crippen molar-refractivity contribution in [3.63, 3.8) is 0 Å². The molecule has 194 valence electrons. The lowest BCUT2D eigenvalue weighted by atomic mass is 9.62. The van der Waals surface area contributed by atoms with Crippen molar-refractivity contribution in [1.29, 1.82) is 0 Å². The van der Waals surface area contributed by atoms with E-state index in [-0.39, 0.29) is 10.8 Å². The molecule has 5 nitrogen and oxygen atoms in total. The van der Waals surface area contributed by atoms with Crippen LogP contribution in [0.1, 0.15) is 62.8 Å². The van der Waals surface area contributed by atoms with Crippen LogP contribution in [0.2, 0.25) is 0 Å². The maximum atomic E-state index is 11.1. The number of fused-ring (bicyclic) bond motifs is 1. The Labute approximate surface area is 219 Å². The zero-order valence-corrected chi connectivity index (χ0v) is 22.6. The minimum atomic E-state index is -0.988. The molecule has 0 aromatic heterocycles. The maximum Gasteiger partial charge on any atom is 0.328 e. The normalized spacial score (nSPS) is 15.7. The molecule has 0 unspecified atom stereocenters. The van der Waals surface area contributed by atoms with Crippen molar-refractivity contribution in [3.8, 4) is 28.4 Å². The van der Waals surface area contributed by atoms with E-state index >= 15 is 0 Å². The van der Waals surface area contributed by atoms with Gasteiger partial charge in [-0.1, -0.05) is 45.9 Å². The first-order valence-electron chi connectivity index (χ1n) is 12.6. The molecule has 0 spiro atoms. The van der Waals surface area contributed by atoms with Gasteiger partial charge in [-0.2, -0.15) is 0 Å². The third-order valence-electron chi connectivity index (χ3n) is 7.41. The van der Waals surface area contributed by atoms with Gasteiger partial charge in [-0.15, -0.1) is 0 Å². The molecule has 0 atom stereocenters. The standard InChI is InChI=1S/C32H36O5/c1-31(2)14-15-32(3,4)27-19-29(37-20-22-8-7-9-23(16-22)35-5)25(18-26(27)31)24-17-21(11-13-30(33)34)10-12-28(24)36-6/h7-13,16-19H,14-15,20H2,1-6H3,(H,33,34). The first-order chi connectivity index (χ1) is 17.5. The molecule has 0 fully saturated rings. The van der Waals surface area contributed by atoms with Gasteiger partial charge in [-0.05, 0) is 88.4 Å². The fraction of sp³-hybridized carbons (Fsp3) is 0.344. The third-order valence-corrected chi connectivity index (χ3v) is 7.41. The van der Waals surface area contributed by atoms with Gasteiger partial charge in [0.15, 0.2) is 0 Å². The van der Waals surface area contributed by atoms with Crippen molar-refractivity contribution in [3.05, 3.63) is 82.9 Å². The largest absolute Gasteiger partial charge is 0.497 e. The summed E-state index contributed by atoms with van der Waals surface area (Å²) in [5, 5.41) is 9.12. The monoisotopic (exact) mass is 500 g/mol. The summed E-state index contributed by atoms with van der Waals surface area (Å²) in [5.41, 5.74) is 6.21. The van der Waals surface area contributed by atoms with Crippen molar-refractivity contribution in [1.82, 2.24) is 0 Å². The van der Waals surface area contributed by atoms with E-state index in [0.717, 1.165) is 52.7 Å². The Kier molecular flexibility index (Phi) is 7.35. The summed E-state index contributed by atoms with van der Waals surface area (Å²) >= 11 is 0. The van der Waals surface area contributed by atoms with Crippen LogP contribution in [0.4, 0.5) is 0 Å². The van der Waals surface area contributed by atoms with E-state index in [2.05, 4.69) is 39.8 Å². The zero-order valence-electron chi connectivity index (χ0n) is 22.6. The van der Waals surface area contributed by atoms with Crippen molar-refractivity contribution in [2.75, 3.05) is 14.2 Å². The van der Waals surface area contributed by atoms with E-state index in [1.165, 1.54) is 11.1 Å². The molecule has 4 rings (SSSR count). The van der Waals surface area contributed by atoms with Crippen molar-refractivity contribution in [2.45, 2.75) is 58.0 Å². The highest BCUT2D eigenvalue weighted by Crippen LogP contribution is 2.50. The van der Waals surface area contributed by atoms with Crippen LogP contribution in [0.25, 0.3) is 17.2 Å². The van der Waals surface area contributed by atoms with Gasteiger partial charge in [-0.3, -0.25) is 0 Å². The van der Waals surface area contributed by atoms with Gasteiger partial charge in [0.2, 0.25) is 0 Å². The predicted octanol–water partition coefficient (Wildman–Crippen LogP) is 7.40. The Morgan fingerprint density at radius 3 is 2.19 bits per heavy atom. The average molecular weight is 501 g/mol. The van der Waals surface area contributed by atoms with Gasteiger partial charge in [0.1, 0.15) is 23.9 Å². The van der Waals surface area contributed by atoms with E-state index in [4.69, 9.17) is 19.3 Å². The molecular formula is C32H36O5. The topological polar surface area (TPSA) is 65.0 Å². The summed E-state index contributed by atoms with van der Waals surface area (Å²) in [5.74, 6) is 1.27. The highest BCUT2D eigenvalue weighted by Gasteiger charge is 2.38. The number of rotatable bonds is 8. The molecule has 0 radical (unpaired) electrons. The number of benzene rings is 3. The molecule has 5 heteroatoms. The predicted molar refractivity (Wildman–Crippen MR) is 148 cm³/mol. The van der Waals surface area contributed by atoms with Gasteiger partial charge in [0.25, 0.3) is 0 Å². The number of carboxylic acid groups (broad SMARTS) is 1. The summed E-state index contributed by atoms with van der Waals surface area (Å²) in [6, 6.07) is 18.0. The minimum Gasteiger partial charge on any atom is -0.497 e. The Bertz CT molecular complexity index is 1330. The van der Waals surface area contributed by atoms with Gasteiger partial charge >= 0.3 is 5.97 Å². The molecule has 0 saturated carbocycles. The quantitative estimate of drug-likeness (QED) is 0.327. The van der Waals surface area contributed by atoms with E-state index in [1.807, 2.05) is 42.5 Å². The van der Waals surface area contributed by atoms with Crippen LogP contribution < -0.4 is 14.2 Å². The fourth-order valence-electron chi connectivity index (χ4n) is 5.05. The molecule has 0 heterocycles. The number of aliphatic carboxylic acids is 1. The number of hydrogen-bond donors (Lipinski definition) is 1.